The Balaban J connectivity index is 2.68. The van der Waals surface area contributed by atoms with E-state index in [4.69, 9.17) is 15.2 Å². The normalized spacial score (nSPS) is 17.8. The second-order valence-corrected chi connectivity index (χ2v) is 4.88. The number of nitrogens with zero attached hydrogens (tertiary/aromatic N) is 1. The Labute approximate surface area is 128 Å². The maximum absolute atomic E-state index is 12.0. The molecule has 0 amide bonds. The van der Waals surface area contributed by atoms with Crippen molar-refractivity contribution in [2.45, 2.75) is 19.8 Å². The number of nitrogens with two attached hydrogens (primary N) is 1. The van der Waals surface area contributed by atoms with E-state index < -0.39 is 5.92 Å². The van der Waals surface area contributed by atoms with Crippen molar-refractivity contribution in [2.75, 3.05) is 7.11 Å². The van der Waals surface area contributed by atoms with Crippen LogP contribution in [0.25, 0.3) is 0 Å². The van der Waals surface area contributed by atoms with Crippen molar-refractivity contribution in [3.63, 3.8) is 0 Å². The molecule has 1 aliphatic heterocycles. The molecule has 1 heterocycles. The fraction of sp³-hybridized carbons (Fsp3) is 0.250. The van der Waals surface area contributed by atoms with Gasteiger partial charge in [0.15, 0.2) is 17.3 Å². The Morgan fingerprint density at radius 1 is 1.50 bits per heavy atom. The van der Waals surface area contributed by atoms with Crippen molar-refractivity contribution < 1.29 is 19.4 Å². The molecule has 2 rings (SSSR count). The number of rotatable bonds is 3. The van der Waals surface area contributed by atoms with Crippen LogP contribution in [0.3, 0.4) is 0 Å². The van der Waals surface area contributed by atoms with Gasteiger partial charge < -0.3 is 20.3 Å². The third-order valence-electron chi connectivity index (χ3n) is 3.52. The Morgan fingerprint density at radius 2 is 2.18 bits per heavy atom. The minimum absolute atomic E-state index is 0.0259. The van der Waals surface area contributed by atoms with Gasteiger partial charge in [0.25, 0.3) is 0 Å². The summed E-state index contributed by atoms with van der Waals surface area (Å²) in [6.45, 7) is 3.03. The SMILES string of the molecule is COc1cc([C@H]2C(C#N)=C(N)OC(C)=C2C(C)=O)ccc1O. The largest absolute Gasteiger partial charge is 0.504 e. The van der Waals surface area contributed by atoms with Crippen molar-refractivity contribution in [1.29, 1.82) is 5.26 Å². The van der Waals surface area contributed by atoms with Gasteiger partial charge in [-0.2, -0.15) is 5.26 Å². The van der Waals surface area contributed by atoms with Gasteiger partial charge in [-0.25, -0.2) is 0 Å². The predicted octanol–water partition coefficient (Wildman–Crippen LogP) is 2.07. The summed E-state index contributed by atoms with van der Waals surface area (Å²) in [6, 6.07) is 6.64. The number of ketones is 1. The number of aromatic hydroxyl groups is 1. The molecule has 22 heavy (non-hydrogen) atoms. The lowest BCUT2D eigenvalue weighted by atomic mass is 9.81. The molecule has 3 N–H and O–H groups in total. The van der Waals surface area contributed by atoms with Crippen LogP contribution in [-0.4, -0.2) is 18.0 Å². The van der Waals surface area contributed by atoms with Crippen LogP contribution in [-0.2, 0) is 9.53 Å². The molecule has 1 atom stereocenters. The first-order chi connectivity index (χ1) is 10.4. The average Bonchev–Trinajstić information content (AvgIpc) is 2.46. The molecule has 6 nitrogen and oxygen atoms in total. The molecule has 6 heteroatoms. The van der Waals surface area contributed by atoms with Crippen LogP contribution in [0, 0.1) is 11.3 Å². The van der Waals surface area contributed by atoms with Crippen LogP contribution >= 0.6 is 0 Å². The van der Waals surface area contributed by atoms with Crippen LogP contribution < -0.4 is 10.5 Å². The summed E-state index contributed by atoms with van der Waals surface area (Å²) in [6.07, 6.45) is 0. The maximum Gasteiger partial charge on any atom is 0.205 e. The van der Waals surface area contributed by atoms with Crippen molar-refractivity contribution in [3.8, 4) is 17.6 Å². The number of phenols is 1. The maximum atomic E-state index is 12.0. The lowest BCUT2D eigenvalue weighted by molar-refractivity contribution is -0.114. The molecule has 0 radical (unpaired) electrons. The number of ether oxygens (including phenoxy) is 2. The van der Waals surface area contributed by atoms with Gasteiger partial charge >= 0.3 is 0 Å². The number of hydrogen-bond donors (Lipinski definition) is 2. The number of phenolic OH excluding ortho intramolecular Hbond substituents is 1. The minimum atomic E-state index is -0.647. The summed E-state index contributed by atoms with van der Waals surface area (Å²) < 4.78 is 10.4. The van der Waals surface area contributed by atoms with Crippen LogP contribution in [0.4, 0.5) is 0 Å². The van der Waals surface area contributed by atoms with Gasteiger partial charge in [-0.3, -0.25) is 4.79 Å². The number of methoxy groups -OCH3 is 1. The zero-order valence-corrected chi connectivity index (χ0v) is 12.5. The van der Waals surface area contributed by atoms with Crippen molar-refractivity contribution in [1.82, 2.24) is 0 Å². The van der Waals surface area contributed by atoms with E-state index in [2.05, 4.69) is 0 Å². The van der Waals surface area contributed by atoms with Gasteiger partial charge in [-0.1, -0.05) is 6.07 Å². The van der Waals surface area contributed by atoms with Gasteiger partial charge in [0, 0.05) is 5.57 Å². The molecule has 0 aromatic heterocycles. The van der Waals surface area contributed by atoms with E-state index in [1.165, 1.54) is 20.1 Å². The fourth-order valence-corrected chi connectivity index (χ4v) is 2.54. The number of benzene rings is 1. The first-order valence-corrected chi connectivity index (χ1v) is 6.56. The number of carbonyl (C=O) groups excluding carboxylic acids is 1. The number of Topliss-reactive ketones (excluding diaryl/α,β-unsaturated/α-hetero) is 1. The zero-order chi connectivity index (χ0) is 16.4. The average molecular weight is 300 g/mol. The molecular weight excluding hydrogens is 284 g/mol. The lowest BCUT2D eigenvalue weighted by Crippen LogP contribution is -2.23. The molecule has 1 aromatic carbocycles. The minimum Gasteiger partial charge on any atom is -0.504 e. The predicted molar refractivity (Wildman–Crippen MR) is 78.7 cm³/mol. The third-order valence-corrected chi connectivity index (χ3v) is 3.52. The van der Waals surface area contributed by atoms with Crippen molar-refractivity contribution in [2.24, 2.45) is 5.73 Å². The molecule has 1 aromatic rings. The summed E-state index contributed by atoms with van der Waals surface area (Å²) in [5.74, 6) is -0.303. The summed E-state index contributed by atoms with van der Waals surface area (Å²) in [4.78, 5) is 12.0. The first-order valence-electron chi connectivity index (χ1n) is 6.56. The van der Waals surface area contributed by atoms with E-state index in [-0.39, 0.29) is 28.7 Å². The molecule has 0 unspecified atom stereocenters. The Bertz CT molecular complexity index is 741. The summed E-state index contributed by atoms with van der Waals surface area (Å²) >= 11 is 0. The smallest absolute Gasteiger partial charge is 0.205 e. The highest BCUT2D eigenvalue weighted by molar-refractivity contribution is 5.96. The van der Waals surface area contributed by atoms with Gasteiger partial charge in [0.1, 0.15) is 17.4 Å². The first kappa shape index (κ1) is 15.4. The third kappa shape index (κ3) is 2.49. The molecule has 1 aliphatic rings. The summed E-state index contributed by atoms with van der Waals surface area (Å²) in [7, 11) is 1.42. The number of nitriles is 1. The van der Waals surface area contributed by atoms with Crippen LogP contribution in [0.15, 0.2) is 41.0 Å². The van der Waals surface area contributed by atoms with E-state index in [1.54, 1.807) is 19.1 Å². The quantitative estimate of drug-likeness (QED) is 0.885. The molecule has 0 fully saturated rings. The molecule has 0 aliphatic carbocycles. The van der Waals surface area contributed by atoms with E-state index in [9.17, 15) is 15.2 Å². The summed E-state index contributed by atoms with van der Waals surface area (Å²) in [5, 5.41) is 19.1. The Kier molecular flexibility index (Phi) is 4.08. The van der Waals surface area contributed by atoms with Crippen LogP contribution in [0.2, 0.25) is 0 Å². The number of carbonyl (C=O) groups is 1. The van der Waals surface area contributed by atoms with Crippen molar-refractivity contribution in [3.05, 3.63) is 46.6 Å². The van der Waals surface area contributed by atoms with E-state index >= 15 is 0 Å². The Hall–Kier alpha value is -2.94. The highest BCUT2D eigenvalue weighted by atomic mass is 16.5. The topological polar surface area (TPSA) is 106 Å². The molecule has 0 spiro atoms. The van der Waals surface area contributed by atoms with Gasteiger partial charge in [-0.05, 0) is 31.5 Å². The monoisotopic (exact) mass is 300 g/mol. The van der Waals surface area contributed by atoms with Gasteiger partial charge in [0.2, 0.25) is 5.88 Å². The standard InChI is InChI=1S/C16H16N2O4/c1-8(19)14-9(2)22-16(18)11(7-17)15(14)10-4-5-12(20)13(6-10)21-3/h4-6,15,20H,18H2,1-3H3/t15-/m0/s1. The number of allylic oxidation sites excluding steroid dienone is 3. The summed E-state index contributed by atoms with van der Waals surface area (Å²) in [5.41, 5.74) is 6.91. The second kappa shape index (κ2) is 5.82. The van der Waals surface area contributed by atoms with E-state index in [0.717, 1.165) is 0 Å². The van der Waals surface area contributed by atoms with Crippen molar-refractivity contribution >= 4 is 5.78 Å². The van der Waals surface area contributed by atoms with Gasteiger partial charge in [0.05, 0.1) is 13.0 Å². The highest BCUT2D eigenvalue weighted by Gasteiger charge is 2.34. The van der Waals surface area contributed by atoms with Crippen LogP contribution in [0.1, 0.15) is 25.3 Å². The number of hydrogen-bond acceptors (Lipinski definition) is 6. The van der Waals surface area contributed by atoms with E-state index in [1.807, 2.05) is 6.07 Å². The molecule has 0 saturated carbocycles. The highest BCUT2D eigenvalue weighted by Crippen LogP contribution is 2.41. The lowest BCUT2D eigenvalue weighted by Gasteiger charge is -2.27. The fourth-order valence-electron chi connectivity index (χ4n) is 2.54. The van der Waals surface area contributed by atoms with Gasteiger partial charge in [-0.15, -0.1) is 0 Å². The molecule has 0 bridgehead atoms. The molecule has 0 saturated heterocycles. The van der Waals surface area contributed by atoms with Crippen LogP contribution in [0.5, 0.6) is 11.5 Å². The molecule has 114 valence electrons. The zero-order valence-electron chi connectivity index (χ0n) is 12.5. The van der Waals surface area contributed by atoms with E-state index in [0.29, 0.717) is 16.9 Å². The second-order valence-electron chi connectivity index (χ2n) is 4.88. The Morgan fingerprint density at radius 3 is 2.73 bits per heavy atom. The molecular formula is C16H16N2O4.